The fourth-order valence-electron chi connectivity index (χ4n) is 2.88. The fourth-order valence-corrected chi connectivity index (χ4v) is 2.88. The zero-order chi connectivity index (χ0) is 14.2. The monoisotopic (exact) mass is 279 g/mol. The number of hydrogen-bond acceptors (Lipinski definition) is 5. The molecule has 20 heavy (non-hydrogen) atoms. The molecule has 0 amide bonds. The molecule has 1 heterocycles. The Balaban J connectivity index is 1.81. The van der Waals surface area contributed by atoms with Gasteiger partial charge in [-0.15, -0.1) is 0 Å². The van der Waals surface area contributed by atoms with Crippen LogP contribution in [0.2, 0.25) is 0 Å². The number of methoxy groups -OCH3 is 2. The lowest BCUT2D eigenvalue weighted by Crippen LogP contribution is -2.20. The Labute approximate surface area is 121 Å². The summed E-state index contributed by atoms with van der Waals surface area (Å²) in [5.74, 6) is 2.07. The number of ether oxygens (including phenoxy) is 2. The van der Waals surface area contributed by atoms with E-state index in [1.165, 1.54) is 44.9 Å². The van der Waals surface area contributed by atoms with Crippen molar-refractivity contribution in [1.29, 1.82) is 0 Å². The molecule has 0 radical (unpaired) electrons. The van der Waals surface area contributed by atoms with Gasteiger partial charge in [-0.2, -0.15) is 0 Å². The molecule has 0 bridgehead atoms. The Morgan fingerprint density at radius 2 is 1.75 bits per heavy atom. The number of hydrogen-bond donors (Lipinski definition) is 1. The third-order valence-electron chi connectivity index (χ3n) is 4.01. The molecule has 1 aromatic heterocycles. The molecule has 1 fully saturated rings. The van der Waals surface area contributed by atoms with Gasteiger partial charge in [0, 0.05) is 6.54 Å². The summed E-state index contributed by atoms with van der Waals surface area (Å²) >= 11 is 0. The second kappa shape index (κ2) is 8.04. The van der Waals surface area contributed by atoms with Gasteiger partial charge in [0.25, 0.3) is 0 Å². The molecule has 112 valence electrons. The molecule has 0 unspecified atom stereocenters. The zero-order valence-electron chi connectivity index (χ0n) is 12.5. The summed E-state index contributed by atoms with van der Waals surface area (Å²) in [5, 5.41) is 3.46. The van der Waals surface area contributed by atoms with Gasteiger partial charge in [0.2, 0.25) is 11.8 Å². The molecule has 0 spiro atoms. The molecule has 0 atom stereocenters. The van der Waals surface area contributed by atoms with Crippen LogP contribution in [-0.2, 0) is 6.54 Å². The maximum Gasteiger partial charge on any atom is 0.224 e. The Hall–Kier alpha value is -1.36. The summed E-state index contributed by atoms with van der Waals surface area (Å²) in [6.07, 6.45) is 9.71. The van der Waals surface area contributed by atoms with E-state index in [9.17, 15) is 0 Å². The first-order chi connectivity index (χ1) is 9.85. The van der Waals surface area contributed by atoms with Crippen LogP contribution in [0.25, 0.3) is 0 Å². The van der Waals surface area contributed by atoms with Crippen molar-refractivity contribution in [3.05, 3.63) is 11.9 Å². The van der Waals surface area contributed by atoms with Crippen LogP contribution >= 0.6 is 0 Å². The molecule has 2 rings (SSSR count). The largest absolute Gasteiger partial charge is 0.481 e. The summed E-state index contributed by atoms with van der Waals surface area (Å²) < 4.78 is 10.5. The van der Waals surface area contributed by atoms with Crippen LogP contribution in [0.15, 0.2) is 6.33 Å². The Morgan fingerprint density at radius 3 is 2.35 bits per heavy atom. The first kappa shape index (κ1) is 15.0. The van der Waals surface area contributed by atoms with Crippen molar-refractivity contribution in [2.24, 2.45) is 5.92 Å². The van der Waals surface area contributed by atoms with Crippen molar-refractivity contribution in [3.63, 3.8) is 0 Å². The topological polar surface area (TPSA) is 56.3 Å². The highest BCUT2D eigenvalue weighted by Crippen LogP contribution is 2.26. The van der Waals surface area contributed by atoms with Gasteiger partial charge in [-0.3, -0.25) is 0 Å². The summed E-state index contributed by atoms with van der Waals surface area (Å²) in [6.45, 7) is 1.70. The highest BCUT2D eigenvalue weighted by atomic mass is 16.5. The van der Waals surface area contributed by atoms with Crippen molar-refractivity contribution >= 4 is 0 Å². The van der Waals surface area contributed by atoms with Gasteiger partial charge < -0.3 is 14.8 Å². The molecule has 1 aromatic rings. The molecule has 0 saturated heterocycles. The lowest BCUT2D eigenvalue weighted by atomic mass is 9.87. The van der Waals surface area contributed by atoms with Gasteiger partial charge in [-0.25, -0.2) is 9.97 Å². The first-order valence-corrected chi connectivity index (χ1v) is 7.47. The van der Waals surface area contributed by atoms with Crippen molar-refractivity contribution in [2.75, 3.05) is 20.8 Å². The average Bonchev–Trinajstić information content (AvgIpc) is 2.52. The standard InChI is InChI=1S/C15H25N3O2/c1-19-14-13(15(20-2)18-11-17-14)10-16-9-8-12-6-4-3-5-7-12/h11-12,16H,3-10H2,1-2H3. The summed E-state index contributed by atoms with van der Waals surface area (Å²) in [4.78, 5) is 8.24. The SMILES string of the molecule is COc1ncnc(OC)c1CNCCC1CCCCC1. The van der Waals surface area contributed by atoms with Crippen LogP contribution in [-0.4, -0.2) is 30.7 Å². The van der Waals surface area contributed by atoms with Crippen molar-refractivity contribution < 1.29 is 9.47 Å². The minimum absolute atomic E-state index is 0.585. The van der Waals surface area contributed by atoms with E-state index < -0.39 is 0 Å². The van der Waals surface area contributed by atoms with E-state index in [4.69, 9.17) is 9.47 Å². The smallest absolute Gasteiger partial charge is 0.224 e. The van der Waals surface area contributed by atoms with E-state index in [0.717, 1.165) is 18.0 Å². The van der Waals surface area contributed by atoms with Crippen LogP contribution in [0.4, 0.5) is 0 Å². The van der Waals surface area contributed by atoms with E-state index in [2.05, 4.69) is 15.3 Å². The normalized spacial score (nSPS) is 16.1. The third-order valence-corrected chi connectivity index (χ3v) is 4.01. The van der Waals surface area contributed by atoms with E-state index in [-0.39, 0.29) is 0 Å². The predicted molar refractivity (Wildman–Crippen MR) is 78.0 cm³/mol. The molecule has 1 aliphatic carbocycles. The molecule has 1 N–H and O–H groups in total. The Bertz CT molecular complexity index is 384. The van der Waals surface area contributed by atoms with Gasteiger partial charge in [0.05, 0.1) is 19.8 Å². The van der Waals surface area contributed by atoms with Gasteiger partial charge in [-0.05, 0) is 18.9 Å². The third kappa shape index (κ3) is 4.07. The minimum Gasteiger partial charge on any atom is -0.481 e. The van der Waals surface area contributed by atoms with Crippen LogP contribution in [0, 0.1) is 5.92 Å². The highest BCUT2D eigenvalue weighted by molar-refractivity contribution is 5.34. The minimum atomic E-state index is 0.585. The molecule has 1 aliphatic rings. The quantitative estimate of drug-likeness (QED) is 0.777. The maximum atomic E-state index is 5.26. The summed E-state index contributed by atoms with van der Waals surface area (Å²) in [5.41, 5.74) is 0.890. The van der Waals surface area contributed by atoms with Crippen LogP contribution in [0.5, 0.6) is 11.8 Å². The molecule has 1 saturated carbocycles. The van der Waals surface area contributed by atoms with Crippen LogP contribution in [0.3, 0.4) is 0 Å². The highest BCUT2D eigenvalue weighted by Gasteiger charge is 2.14. The number of nitrogens with one attached hydrogen (secondary N) is 1. The van der Waals surface area contributed by atoms with Crippen molar-refractivity contribution in [1.82, 2.24) is 15.3 Å². The Morgan fingerprint density at radius 1 is 1.10 bits per heavy atom. The number of nitrogens with zero attached hydrogens (tertiary/aromatic N) is 2. The zero-order valence-corrected chi connectivity index (χ0v) is 12.5. The van der Waals surface area contributed by atoms with Crippen LogP contribution < -0.4 is 14.8 Å². The molecular weight excluding hydrogens is 254 g/mol. The maximum absolute atomic E-state index is 5.26. The molecule has 5 heteroatoms. The lowest BCUT2D eigenvalue weighted by Gasteiger charge is -2.21. The van der Waals surface area contributed by atoms with E-state index in [0.29, 0.717) is 18.3 Å². The molecule has 0 aromatic carbocycles. The van der Waals surface area contributed by atoms with Gasteiger partial charge >= 0.3 is 0 Å². The summed E-state index contributed by atoms with van der Waals surface area (Å²) in [7, 11) is 3.24. The first-order valence-electron chi connectivity index (χ1n) is 7.47. The second-order valence-electron chi connectivity index (χ2n) is 5.34. The van der Waals surface area contributed by atoms with Crippen molar-refractivity contribution in [2.45, 2.75) is 45.1 Å². The van der Waals surface area contributed by atoms with E-state index >= 15 is 0 Å². The van der Waals surface area contributed by atoms with E-state index in [1.807, 2.05) is 0 Å². The molecular formula is C15H25N3O2. The van der Waals surface area contributed by atoms with Gasteiger partial charge in [0.15, 0.2) is 0 Å². The predicted octanol–water partition coefficient (Wildman–Crippen LogP) is 2.55. The average molecular weight is 279 g/mol. The van der Waals surface area contributed by atoms with E-state index in [1.54, 1.807) is 14.2 Å². The fraction of sp³-hybridized carbons (Fsp3) is 0.733. The molecule has 0 aliphatic heterocycles. The van der Waals surface area contributed by atoms with Gasteiger partial charge in [0.1, 0.15) is 6.33 Å². The molecule has 5 nitrogen and oxygen atoms in total. The van der Waals surface area contributed by atoms with Crippen LogP contribution in [0.1, 0.15) is 44.1 Å². The summed E-state index contributed by atoms with van der Waals surface area (Å²) in [6, 6.07) is 0. The Kier molecular flexibility index (Phi) is 6.05. The van der Waals surface area contributed by atoms with Gasteiger partial charge in [-0.1, -0.05) is 32.1 Å². The number of rotatable bonds is 7. The lowest BCUT2D eigenvalue weighted by molar-refractivity contribution is 0.330. The second-order valence-corrected chi connectivity index (χ2v) is 5.34. The number of aromatic nitrogens is 2. The van der Waals surface area contributed by atoms with Crippen molar-refractivity contribution in [3.8, 4) is 11.8 Å².